The van der Waals surface area contributed by atoms with Crippen molar-refractivity contribution in [3.8, 4) is 11.5 Å². The van der Waals surface area contributed by atoms with Crippen molar-refractivity contribution in [1.29, 1.82) is 0 Å². The number of benzene rings is 2. The number of hydrogen-bond donors (Lipinski definition) is 1. The van der Waals surface area contributed by atoms with E-state index in [2.05, 4.69) is 12.2 Å². The number of hydrogen-bond acceptors (Lipinski definition) is 3. The summed E-state index contributed by atoms with van der Waals surface area (Å²) in [7, 11) is 0. The van der Waals surface area contributed by atoms with Crippen LogP contribution in [0.3, 0.4) is 0 Å². The van der Waals surface area contributed by atoms with Crippen LogP contribution >= 0.6 is 0 Å². The largest absolute Gasteiger partial charge is 0.454 e. The SMILES string of the molecule is Cc1cc(F)ccc1NC(C)c1ccc2c(c1)OCO2. The highest BCUT2D eigenvalue weighted by atomic mass is 19.1. The van der Waals surface area contributed by atoms with Gasteiger partial charge in [0.05, 0.1) is 0 Å². The van der Waals surface area contributed by atoms with Gasteiger partial charge in [-0.25, -0.2) is 4.39 Å². The zero-order valence-electron chi connectivity index (χ0n) is 11.4. The molecule has 2 aromatic carbocycles. The van der Waals surface area contributed by atoms with Crippen molar-refractivity contribution >= 4 is 5.69 Å². The van der Waals surface area contributed by atoms with Crippen LogP contribution in [0.4, 0.5) is 10.1 Å². The second kappa shape index (κ2) is 5.04. The standard InChI is InChI=1S/C16H16FNO2/c1-10-7-13(17)4-5-14(10)18-11(2)12-3-6-15-16(8-12)20-9-19-15/h3-8,11,18H,9H2,1-2H3. The van der Waals surface area contributed by atoms with Crippen LogP contribution in [-0.2, 0) is 0 Å². The first kappa shape index (κ1) is 12.8. The molecule has 0 saturated carbocycles. The molecule has 1 aliphatic rings. The molecule has 1 aliphatic heterocycles. The van der Waals surface area contributed by atoms with E-state index in [-0.39, 0.29) is 18.7 Å². The number of rotatable bonds is 3. The van der Waals surface area contributed by atoms with Crippen molar-refractivity contribution in [2.24, 2.45) is 0 Å². The van der Waals surface area contributed by atoms with E-state index in [1.807, 2.05) is 25.1 Å². The minimum absolute atomic E-state index is 0.0914. The molecule has 20 heavy (non-hydrogen) atoms. The molecule has 104 valence electrons. The van der Waals surface area contributed by atoms with Gasteiger partial charge < -0.3 is 14.8 Å². The van der Waals surface area contributed by atoms with Crippen molar-refractivity contribution in [2.75, 3.05) is 12.1 Å². The molecule has 0 aromatic heterocycles. The van der Waals surface area contributed by atoms with E-state index in [1.54, 1.807) is 6.07 Å². The highest BCUT2D eigenvalue weighted by Gasteiger charge is 2.16. The van der Waals surface area contributed by atoms with Crippen LogP contribution in [0, 0.1) is 12.7 Å². The smallest absolute Gasteiger partial charge is 0.231 e. The molecule has 0 spiro atoms. The Labute approximate surface area is 117 Å². The number of nitrogens with one attached hydrogen (secondary N) is 1. The van der Waals surface area contributed by atoms with Gasteiger partial charge in [-0.1, -0.05) is 6.07 Å². The van der Waals surface area contributed by atoms with Crippen molar-refractivity contribution in [1.82, 2.24) is 0 Å². The summed E-state index contributed by atoms with van der Waals surface area (Å²) in [5.41, 5.74) is 2.91. The van der Waals surface area contributed by atoms with Crippen LogP contribution in [0.2, 0.25) is 0 Å². The van der Waals surface area contributed by atoms with Crippen molar-refractivity contribution in [2.45, 2.75) is 19.9 Å². The number of halogens is 1. The minimum Gasteiger partial charge on any atom is -0.454 e. The molecular weight excluding hydrogens is 257 g/mol. The lowest BCUT2D eigenvalue weighted by Crippen LogP contribution is -2.07. The predicted octanol–water partition coefficient (Wildman–Crippen LogP) is 4.04. The van der Waals surface area contributed by atoms with Gasteiger partial charge in [0, 0.05) is 11.7 Å². The van der Waals surface area contributed by atoms with E-state index in [0.29, 0.717) is 0 Å². The Balaban J connectivity index is 1.80. The molecule has 0 bridgehead atoms. The number of fused-ring (bicyclic) bond motifs is 1. The molecule has 1 atom stereocenters. The Morgan fingerprint density at radius 1 is 1.10 bits per heavy atom. The van der Waals surface area contributed by atoms with Gasteiger partial charge in [0.2, 0.25) is 6.79 Å². The molecule has 0 saturated heterocycles. The Morgan fingerprint density at radius 2 is 1.90 bits per heavy atom. The van der Waals surface area contributed by atoms with Gasteiger partial charge in [-0.3, -0.25) is 0 Å². The third-order valence-corrected chi connectivity index (χ3v) is 3.46. The van der Waals surface area contributed by atoms with Crippen LogP contribution in [0.25, 0.3) is 0 Å². The van der Waals surface area contributed by atoms with Crippen LogP contribution in [-0.4, -0.2) is 6.79 Å². The summed E-state index contributed by atoms with van der Waals surface area (Å²) in [6, 6.07) is 10.7. The van der Waals surface area contributed by atoms with E-state index in [1.165, 1.54) is 12.1 Å². The Kier molecular flexibility index (Phi) is 3.22. The molecular formula is C16H16FNO2. The summed E-state index contributed by atoms with van der Waals surface area (Å²) in [6.07, 6.45) is 0. The van der Waals surface area contributed by atoms with E-state index in [0.717, 1.165) is 28.3 Å². The first-order valence-corrected chi connectivity index (χ1v) is 6.56. The summed E-state index contributed by atoms with van der Waals surface area (Å²) in [5.74, 6) is 1.33. The summed E-state index contributed by atoms with van der Waals surface area (Å²) in [4.78, 5) is 0. The molecule has 3 rings (SSSR count). The lowest BCUT2D eigenvalue weighted by Gasteiger charge is -2.17. The van der Waals surface area contributed by atoms with Gasteiger partial charge in [-0.15, -0.1) is 0 Å². The van der Waals surface area contributed by atoms with E-state index in [4.69, 9.17) is 9.47 Å². The highest BCUT2D eigenvalue weighted by molar-refractivity contribution is 5.53. The highest BCUT2D eigenvalue weighted by Crippen LogP contribution is 2.35. The van der Waals surface area contributed by atoms with Gasteiger partial charge in [0.1, 0.15) is 5.82 Å². The Bertz CT molecular complexity index is 642. The fraction of sp³-hybridized carbons (Fsp3) is 0.250. The molecule has 1 unspecified atom stereocenters. The molecule has 1 heterocycles. The fourth-order valence-corrected chi connectivity index (χ4v) is 2.29. The third kappa shape index (κ3) is 2.41. The quantitative estimate of drug-likeness (QED) is 0.915. The Morgan fingerprint density at radius 3 is 2.70 bits per heavy atom. The molecule has 1 N–H and O–H groups in total. The second-order valence-electron chi connectivity index (χ2n) is 4.94. The van der Waals surface area contributed by atoms with E-state index in [9.17, 15) is 4.39 Å². The molecule has 4 heteroatoms. The Hall–Kier alpha value is -2.23. The number of anilines is 1. The van der Waals surface area contributed by atoms with E-state index < -0.39 is 0 Å². The average Bonchev–Trinajstić information content (AvgIpc) is 2.89. The number of aryl methyl sites for hydroxylation is 1. The maximum Gasteiger partial charge on any atom is 0.231 e. The minimum atomic E-state index is -0.219. The summed E-state index contributed by atoms with van der Waals surface area (Å²) in [5, 5.41) is 3.38. The van der Waals surface area contributed by atoms with Gasteiger partial charge in [-0.2, -0.15) is 0 Å². The van der Waals surface area contributed by atoms with E-state index >= 15 is 0 Å². The van der Waals surface area contributed by atoms with Gasteiger partial charge in [0.15, 0.2) is 11.5 Å². The monoisotopic (exact) mass is 273 g/mol. The van der Waals surface area contributed by atoms with Crippen molar-refractivity contribution in [3.05, 3.63) is 53.3 Å². The zero-order chi connectivity index (χ0) is 14.1. The van der Waals surface area contributed by atoms with Crippen LogP contribution < -0.4 is 14.8 Å². The second-order valence-corrected chi connectivity index (χ2v) is 4.94. The fourth-order valence-electron chi connectivity index (χ4n) is 2.29. The third-order valence-electron chi connectivity index (χ3n) is 3.46. The van der Waals surface area contributed by atoms with Crippen LogP contribution in [0.1, 0.15) is 24.1 Å². The maximum absolute atomic E-state index is 13.1. The van der Waals surface area contributed by atoms with Gasteiger partial charge in [-0.05, 0) is 55.3 Å². The molecule has 2 aromatic rings. The predicted molar refractivity (Wildman–Crippen MR) is 75.7 cm³/mol. The van der Waals surface area contributed by atoms with Crippen LogP contribution in [0.5, 0.6) is 11.5 Å². The van der Waals surface area contributed by atoms with Gasteiger partial charge in [0.25, 0.3) is 0 Å². The summed E-state index contributed by atoms with van der Waals surface area (Å²) < 4.78 is 23.8. The molecule has 0 fully saturated rings. The van der Waals surface area contributed by atoms with Crippen LogP contribution in [0.15, 0.2) is 36.4 Å². The number of ether oxygens (including phenoxy) is 2. The average molecular weight is 273 g/mol. The summed E-state index contributed by atoms with van der Waals surface area (Å²) in [6.45, 7) is 4.22. The van der Waals surface area contributed by atoms with Gasteiger partial charge >= 0.3 is 0 Å². The molecule has 0 radical (unpaired) electrons. The van der Waals surface area contributed by atoms with Crippen molar-refractivity contribution < 1.29 is 13.9 Å². The summed E-state index contributed by atoms with van der Waals surface area (Å²) >= 11 is 0. The maximum atomic E-state index is 13.1. The van der Waals surface area contributed by atoms with Crippen molar-refractivity contribution in [3.63, 3.8) is 0 Å². The molecule has 0 aliphatic carbocycles. The normalized spacial score (nSPS) is 14.2. The first-order valence-electron chi connectivity index (χ1n) is 6.56. The topological polar surface area (TPSA) is 30.5 Å². The first-order chi connectivity index (χ1) is 9.63. The molecule has 0 amide bonds. The lowest BCUT2D eigenvalue weighted by molar-refractivity contribution is 0.174. The zero-order valence-corrected chi connectivity index (χ0v) is 11.4. The lowest BCUT2D eigenvalue weighted by atomic mass is 10.1. The molecule has 3 nitrogen and oxygen atoms in total.